The molecule has 34 heavy (non-hydrogen) atoms. The first-order valence-corrected chi connectivity index (χ1v) is 12.2. The summed E-state index contributed by atoms with van der Waals surface area (Å²) in [5.41, 5.74) is 2.71. The van der Waals surface area contributed by atoms with E-state index < -0.39 is 11.2 Å². The molecule has 8 heteroatoms. The maximum absolute atomic E-state index is 13.4. The number of ether oxygens (including phenoxy) is 1. The zero-order chi connectivity index (χ0) is 23.2. The van der Waals surface area contributed by atoms with Crippen LogP contribution in [0.25, 0.3) is 0 Å². The largest absolute Gasteiger partial charge is 0.502 e. The molecule has 1 amide bonds. The molecule has 2 bridgehead atoms. The first-order chi connectivity index (χ1) is 16.6. The highest BCUT2D eigenvalue weighted by molar-refractivity contribution is 7.98. The van der Waals surface area contributed by atoms with E-state index in [0.29, 0.717) is 26.2 Å². The SMILES string of the molecule is O=C1c2c(O)c(=O)ccn2N2CN1CC/C=C/COc1cccc3c1[C@@H]2c1ccccc1SC3. The third-order valence-electron chi connectivity index (χ3n) is 6.53. The predicted octanol–water partition coefficient (Wildman–Crippen LogP) is 3.64. The predicted molar refractivity (Wildman–Crippen MR) is 130 cm³/mol. The summed E-state index contributed by atoms with van der Waals surface area (Å²) in [5, 5.41) is 12.7. The van der Waals surface area contributed by atoms with Crippen LogP contribution in [0.4, 0.5) is 0 Å². The van der Waals surface area contributed by atoms with E-state index in [1.54, 1.807) is 27.5 Å². The van der Waals surface area contributed by atoms with E-state index in [1.807, 2.05) is 36.4 Å². The fourth-order valence-corrected chi connectivity index (χ4v) is 6.01. The third kappa shape index (κ3) is 3.28. The second kappa shape index (κ2) is 8.29. The van der Waals surface area contributed by atoms with Crippen LogP contribution in [-0.4, -0.2) is 40.4 Å². The number of carbonyl (C=O) groups is 1. The number of rotatable bonds is 0. The molecule has 1 atom stereocenters. The van der Waals surface area contributed by atoms with Crippen molar-refractivity contribution in [2.45, 2.75) is 23.1 Å². The minimum Gasteiger partial charge on any atom is -0.502 e. The van der Waals surface area contributed by atoms with Gasteiger partial charge in [-0.15, -0.1) is 11.8 Å². The van der Waals surface area contributed by atoms with Crippen molar-refractivity contribution in [2.24, 2.45) is 0 Å². The van der Waals surface area contributed by atoms with Crippen molar-refractivity contribution >= 4 is 17.7 Å². The third-order valence-corrected chi connectivity index (χ3v) is 7.67. The van der Waals surface area contributed by atoms with Crippen LogP contribution in [0.15, 0.2) is 76.6 Å². The molecule has 3 aliphatic rings. The number of aromatic hydroxyl groups is 1. The zero-order valence-electron chi connectivity index (χ0n) is 18.4. The Kier molecular flexibility index (Phi) is 5.10. The summed E-state index contributed by atoms with van der Waals surface area (Å²) >= 11 is 1.77. The van der Waals surface area contributed by atoms with Crippen LogP contribution in [0.2, 0.25) is 0 Å². The number of amides is 1. The van der Waals surface area contributed by atoms with Gasteiger partial charge in [0.05, 0.1) is 0 Å². The van der Waals surface area contributed by atoms with E-state index in [1.165, 1.54) is 6.07 Å². The summed E-state index contributed by atoms with van der Waals surface area (Å²) < 4.78 is 7.90. The maximum atomic E-state index is 13.4. The molecule has 0 fully saturated rings. The van der Waals surface area contributed by atoms with E-state index in [4.69, 9.17) is 4.74 Å². The highest BCUT2D eigenvalue weighted by atomic mass is 32.2. The van der Waals surface area contributed by atoms with Crippen molar-refractivity contribution in [3.8, 4) is 11.5 Å². The number of pyridine rings is 1. The van der Waals surface area contributed by atoms with Gasteiger partial charge in [-0.25, -0.2) is 0 Å². The van der Waals surface area contributed by atoms with Crippen molar-refractivity contribution in [1.82, 2.24) is 9.58 Å². The number of nitrogens with zero attached hydrogens (tertiary/aromatic N) is 3. The van der Waals surface area contributed by atoms with Gasteiger partial charge in [-0.1, -0.05) is 42.5 Å². The number of hydrogen-bond donors (Lipinski definition) is 1. The first-order valence-electron chi connectivity index (χ1n) is 11.3. The molecule has 0 radical (unpaired) electrons. The second-order valence-electron chi connectivity index (χ2n) is 8.50. The summed E-state index contributed by atoms with van der Waals surface area (Å²) in [4.78, 5) is 28.5. The van der Waals surface area contributed by atoms with E-state index in [-0.39, 0.29) is 17.6 Å². The Bertz CT molecular complexity index is 1380. The van der Waals surface area contributed by atoms with Gasteiger partial charge in [-0.2, -0.15) is 0 Å². The monoisotopic (exact) mass is 473 g/mol. The lowest BCUT2D eigenvalue weighted by Crippen LogP contribution is -2.55. The Morgan fingerprint density at radius 2 is 1.91 bits per heavy atom. The molecule has 3 aromatic rings. The topological polar surface area (TPSA) is 75.0 Å². The van der Waals surface area contributed by atoms with Gasteiger partial charge in [0.2, 0.25) is 5.43 Å². The number of thioether (sulfide) groups is 1. The highest BCUT2D eigenvalue weighted by Gasteiger charge is 2.39. The van der Waals surface area contributed by atoms with Crippen molar-refractivity contribution in [1.29, 1.82) is 0 Å². The molecule has 2 aromatic carbocycles. The van der Waals surface area contributed by atoms with E-state index in [2.05, 4.69) is 23.2 Å². The normalized spacial score (nSPS) is 20.0. The maximum Gasteiger partial charge on any atom is 0.277 e. The summed E-state index contributed by atoms with van der Waals surface area (Å²) in [6.45, 7) is 1.21. The van der Waals surface area contributed by atoms with Crippen LogP contribution in [0, 0.1) is 0 Å². The number of hydrogen-bond acceptors (Lipinski definition) is 6. The molecule has 7 nitrogen and oxygen atoms in total. The van der Waals surface area contributed by atoms with Crippen LogP contribution in [0.5, 0.6) is 11.5 Å². The average molecular weight is 474 g/mol. The van der Waals surface area contributed by atoms with Crippen LogP contribution in [-0.2, 0) is 5.75 Å². The minimum atomic E-state index is -0.566. The van der Waals surface area contributed by atoms with Crippen LogP contribution in [0.1, 0.15) is 39.6 Å². The fraction of sp³-hybridized carbons (Fsp3) is 0.231. The molecule has 4 heterocycles. The number of carbonyl (C=O) groups excluding carboxylic acids is 1. The van der Waals surface area contributed by atoms with Gasteiger partial charge < -0.3 is 14.7 Å². The van der Waals surface area contributed by atoms with Crippen molar-refractivity contribution in [3.05, 3.63) is 99.5 Å². The lowest BCUT2D eigenvalue weighted by Gasteiger charge is -2.44. The van der Waals surface area contributed by atoms with Crippen molar-refractivity contribution in [2.75, 3.05) is 24.8 Å². The summed E-state index contributed by atoms with van der Waals surface area (Å²) in [6, 6.07) is 15.4. The van der Waals surface area contributed by atoms with Crippen LogP contribution >= 0.6 is 11.8 Å². The number of fused-ring (bicyclic) bond motifs is 7. The Morgan fingerprint density at radius 1 is 1.03 bits per heavy atom. The first kappa shape index (κ1) is 20.9. The molecule has 3 aliphatic heterocycles. The summed E-state index contributed by atoms with van der Waals surface area (Å²) in [7, 11) is 0. The van der Waals surface area contributed by atoms with Gasteiger partial charge in [0.1, 0.15) is 25.1 Å². The van der Waals surface area contributed by atoms with Crippen molar-refractivity contribution in [3.63, 3.8) is 0 Å². The van der Waals surface area contributed by atoms with Crippen LogP contribution < -0.4 is 15.2 Å². The summed E-state index contributed by atoms with van der Waals surface area (Å²) in [6.07, 6.45) is 6.19. The fourth-order valence-electron chi connectivity index (χ4n) is 4.93. The molecule has 0 saturated heterocycles. The molecule has 0 saturated carbocycles. The van der Waals surface area contributed by atoms with Gasteiger partial charge in [-0.3, -0.25) is 19.3 Å². The van der Waals surface area contributed by atoms with E-state index >= 15 is 0 Å². The number of aromatic nitrogens is 1. The minimum absolute atomic E-state index is 0.00544. The van der Waals surface area contributed by atoms with Crippen molar-refractivity contribution < 1.29 is 14.6 Å². The molecule has 0 aliphatic carbocycles. The molecule has 6 rings (SSSR count). The molecule has 172 valence electrons. The Hall–Kier alpha value is -3.65. The lowest BCUT2D eigenvalue weighted by molar-refractivity contribution is 0.0682. The molecule has 1 aromatic heterocycles. The zero-order valence-corrected chi connectivity index (χ0v) is 19.2. The van der Waals surface area contributed by atoms with Gasteiger partial charge in [0, 0.05) is 35.0 Å². The van der Waals surface area contributed by atoms with Gasteiger partial charge >= 0.3 is 0 Å². The van der Waals surface area contributed by atoms with Gasteiger partial charge in [-0.05, 0) is 29.7 Å². The quantitative estimate of drug-likeness (QED) is 0.503. The van der Waals surface area contributed by atoms with E-state index in [9.17, 15) is 14.7 Å². The highest BCUT2D eigenvalue weighted by Crippen LogP contribution is 2.46. The van der Waals surface area contributed by atoms with Gasteiger partial charge in [0.25, 0.3) is 5.91 Å². The molecular formula is C26H23N3O4S. The summed E-state index contributed by atoms with van der Waals surface area (Å²) in [5.74, 6) is 0.707. The lowest BCUT2D eigenvalue weighted by atomic mass is 9.93. The Labute approximate surface area is 200 Å². The van der Waals surface area contributed by atoms with Gasteiger partial charge in [0.15, 0.2) is 11.4 Å². The molecule has 0 unspecified atom stereocenters. The average Bonchev–Trinajstić information content (AvgIpc) is 3.01. The molecule has 1 N–H and O–H groups in total. The molecular weight excluding hydrogens is 450 g/mol. The number of benzene rings is 2. The van der Waals surface area contributed by atoms with Crippen LogP contribution in [0.3, 0.4) is 0 Å². The standard InChI is InChI=1S/C26H23N3O4S/c30-19-11-13-28-24(25(19)31)26(32)27-12-4-1-5-14-33-20-9-6-7-17-15-34-21-10-3-2-8-18(21)23(22(17)20)29(28)16-27/h1-3,5-11,13,23,31H,4,12,14-16H2/b5-1+/t23-/m0/s1. The smallest absolute Gasteiger partial charge is 0.277 e. The second-order valence-corrected chi connectivity index (χ2v) is 9.52. The Balaban J connectivity index is 1.67. The molecule has 0 spiro atoms. The Morgan fingerprint density at radius 3 is 2.82 bits per heavy atom. The van der Waals surface area contributed by atoms with E-state index in [0.717, 1.165) is 33.1 Å².